The Morgan fingerprint density at radius 1 is 0.448 bits per heavy atom. The van der Waals surface area contributed by atoms with Crippen molar-refractivity contribution in [3.05, 3.63) is 103 Å². The summed E-state index contributed by atoms with van der Waals surface area (Å²) in [6.07, 6.45) is 0. The summed E-state index contributed by atoms with van der Waals surface area (Å²) in [5.41, 5.74) is 4.49. The Bertz CT molecular complexity index is 891. The van der Waals surface area contributed by atoms with Crippen molar-refractivity contribution in [1.29, 1.82) is 0 Å². The molecule has 0 saturated heterocycles. The van der Waals surface area contributed by atoms with Crippen LogP contribution in [-0.2, 0) is 9.20 Å². The third-order valence-electron chi connectivity index (χ3n) is 4.02. The predicted molar refractivity (Wildman–Crippen MR) is 123 cm³/mol. The van der Waals surface area contributed by atoms with Crippen LogP contribution < -0.4 is 0 Å². The van der Waals surface area contributed by atoms with E-state index in [0.717, 1.165) is 28.2 Å². The average molecular weight is 507 g/mol. The summed E-state index contributed by atoms with van der Waals surface area (Å²) >= 11 is 0. The van der Waals surface area contributed by atoms with Crippen molar-refractivity contribution in [2.45, 2.75) is 0 Å². The molecule has 0 bridgehead atoms. The van der Waals surface area contributed by atoms with Crippen LogP contribution in [0.4, 0.5) is 0 Å². The molecule has 0 atom stereocenters. The van der Waals surface area contributed by atoms with Gasteiger partial charge in [0.2, 0.25) is 0 Å². The van der Waals surface area contributed by atoms with Gasteiger partial charge in [0.15, 0.2) is 0 Å². The molecule has 0 spiro atoms. The van der Waals surface area contributed by atoms with Gasteiger partial charge in [-0.3, -0.25) is 0 Å². The minimum absolute atomic E-state index is 0.871. The van der Waals surface area contributed by atoms with Crippen LogP contribution in [0.3, 0.4) is 0 Å². The maximum Gasteiger partial charge on any atom is 0.361 e. The van der Waals surface area contributed by atoms with E-state index in [1.54, 1.807) is 0 Å². The fraction of sp³-hybridized carbons (Fsp3) is 0. The Kier molecular flexibility index (Phi) is 8.03. The van der Waals surface area contributed by atoms with E-state index in [1.807, 2.05) is 42.5 Å². The van der Waals surface area contributed by atoms with Gasteiger partial charge in [0.25, 0.3) is 0 Å². The molecule has 1 aromatic heterocycles. The van der Waals surface area contributed by atoms with E-state index in [4.69, 9.17) is 44.8 Å². The van der Waals surface area contributed by atoms with E-state index in [0.29, 0.717) is 0 Å². The second kappa shape index (κ2) is 10.5. The molecule has 0 unspecified atom stereocenters. The molecule has 0 fully saturated rings. The van der Waals surface area contributed by atoms with Crippen LogP contribution in [0.5, 0.6) is 0 Å². The summed E-state index contributed by atoms with van der Waals surface area (Å²) in [7, 11) is 17.2. The van der Waals surface area contributed by atoms with Crippen LogP contribution in [0, 0.1) is 0 Å². The second-order valence-electron chi connectivity index (χ2n) is 5.98. The zero-order valence-electron chi connectivity index (χ0n) is 15.1. The predicted octanol–water partition coefficient (Wildman–Crippen LogP) is 9.32. The van der Waals surface area contributed by atoms with Crippen molar-refractivity contribution in [1.82, 2.24) is 0 Å². The molecule has 0 amide bonds. The SMILES string of the molecule is [Cl][Fe]([Cl])([Cl])[Cl].c1ccc(-c2cc(-c3ccccc3)[o+]c(-c3ccccc3)c2)cc1. The van der Waals surface area contributed by atoms with Gasteiger partial charge in [-0.25, -0.2) is 4.42 Å². The van der Waals surface area contributed by atoms with Gasteiger partial charge >= 0.3 is 61.1 Å². The molecule has 3 aromatic carbocycles. The van der Waals surface area contributed by atoms with E-state index in [-0.39, 0.29) is 0 Å². The molecule has 1 nitrogen and oxygen atoms in total. The third kappa shape index (κ3) is 7.35. The van der Waals surface area contributed by atoms with Gasteiger partial charge in [-0.1, -0.05) is 66.7 Å². The van der Waals surface area contributed by atoms with Gasteiger partial charge in [0.05, 0.1) is 23.3 Å². The number of benzene rings is 3. The molecule has 0 N–H and O–H groups in total. The summed E-state index contributed by atoms with van der Waals surface area (Å²) < 4.78 is 6.21. The Labute approximate surface area is 190 Å². The molecule has 4 rings (SSSR count). The van der Waals surface area contributed by atoms with E-state index in [2.05, 4.69) is 60.7 Å². The Balaban J connectivity index is 0.000000431. The van der Waals surface area contributed by atoms with Crippen LogP contribution in [0.1, 0.15) is 0 Å². The van der Waals surface area contributed by atoms with Crippen LogP contribution in [0.15, 0.2) is 108 Å². The smallest absolute Gasteiger partial charge is 0.207 e. The van der Waals surface area contributed by atoms with Crippen LogP contribution in [0.25, 0.3) is 33.8 Å². The van der Waals surface area contributed by atoms with Gasteiger partial charge < -0.3 is 0 Å². The molecule has 6 heteroatoms. The van der Waals surface area contributed by atoms with E-state index < -0.39 is 9.20 Å². The molecular weight excluding hydrogens is 490 g/mol. The van der Waals surface area contributed by atoms with Gasteiger partial charge in [-0.2, -0.15) is 0 Å². The van der Waals surface area contributed by atoms with Crippen molar-refractivity contribution < 1.29 is 13.6 Å². The van der Waals surface area contributed by atoms with Crippen molar-refractivity contribution in [2.24, 2.45) is 0 Å². The summed E-state index contributed by atoms with van der Waals surface area (Å²) in [6.45, 7) is 0. The number of hydrogen-bond acceptors (Lipinski definition) is 0. The van der Waals surface area contributed by atoms with Gasteiger partial charge in [0, 0.05) is 5.56 Å². The minimum Gasteiger partial charge on any atom is -0.207 e. The van der Waals surface area contributed by atoms with E-state index in [9.17, 15) is 0 Å². The van der Waals surface area contributed by atoms with E-state index >= 15 is 0 Å². The first kappa shape index (κ1) is 22.2. The molecule has 0 aliphatic carbocycles. The van der Waals surface area contributed by atoms with Crippen LogP contribution in [-0.4, -0.2) is 0 Å². The first-order chi connectivity index (χ1) is 13.9. The molecular formula is C23H17Cl4FeO+. The summed E-state index contributed by atoms with van der Waals surface area (Å²) in [6, 6.07) is 35.1. The molecule has 0 aliphatic rings. The number of hydrogen-bond donors (Lipinski definition) is 0. The van der Waals surface area contributed by atoms with Crippen molar-refractivity contribution in [2.75, 3.05) is 0 Å². The first-order valence-corrected chi connectivity index (χ1v) is 14.7. The first-order valence-electron chi connectivity index (χ1n) is 8.58. The van der Waals surface area contributed by atoms with Crippen molar-refractivity contribution >= 4 is 40.4 Å². The molecule has 0 radical (unpaired) electrons. The number of halogens is 4. The van der Waals surface area contributed by atoms with Crippen LogP contribution in [0.2, 0.25) is 0 Å². The Hall–Kier alpha value is -1.51. The van der Waals surface area contributed by atoms with Crippen molar-refractivity contribution in [3.8, 4) is 33.8 Å². The monoisotopic (exact) mass is 505 g/mol. The standard InChI is InChI=1S/C23H17O.4ClH.Fe/c1-4-10-18(11-5-1)21-16-22(19-12-6-2-7-13-19)24-23(17-21)20-14-8-3-9-15-20;;;;;/h1-17H;4*1H;/q+1;;;;;+4/p-4. The fourth-order valence-electron chi connectivity index (χ4n) is 2.79. The van der Waals surface area contributed by atoms with E-state index in [1.165, 1.54) is 5.56 Å². The fourth-order valence-corrected chi connectivity index (χ4v) is 2.79. The second-order valence-corrected chi connectivity index (χ2v) is 16.9. The molecule has 1 heterocycles. The van der Waals surface area contributed by atoms with Crippen molar-refractivity contribution in [3.63, 3.8) is 0 Å². The largest absolute Gasteiger partial charge is 0.361 e. The van der Waals surface area contributed by atoms with Crippen LogP contribution >= 0.6 is 40.4 Å². The molecule has 4 aromatic rings. The maximum atomic E-state index is 6.21. The number of rotatable bonds is 3. The summed E-state index contributed by atoms with van der Waals surface area (Å²) in [4.78, 5) is 0. The third-order valence-corrected chi connectivity index (χ3v) is 4.02. The molecule has 0 saturated carbocycles. The minimum atomic E-state index is -2.61. The zero-order chi connectivity index (χ0) is 20.7. The Morgan fingerprint density at radius 2 is 0.759 bits per heavy atom. The molecule has 29 heavy (non-hydrogen) atoms. The summed E-state index contributed by atoms with van der Waals surface area (Å²) in [5.74, 6) is 1.74. The van der Waals surface area contributed by atoms with Gasteiger partial charge in [-0.05, 0) is 29.8 Å². The Morgan fingerprint density at radius 3 is 1.10 bits per heavy atom. The topological polar surface area (TPSA) is 11.3 Å². The van der Waals surface area contributed by atoms with Gasteiger partial charge in [-0.15, -0.1) is 0 Å². The normalized spacial score (nSPS) is 11.3. The summed E-state index contributed by atoms with van der Waals surface area (Å²) in [5, 5.41) is 0. The van der Waals surface area contributed by atoms with Gasteiger partial charge in [0.1, 0.15) is 0 Å². The zero-order valence-corrected chi connectivity index (χ0v) is 19.2. The maximum absolute atomic E-state index is 6.21. The molecule has 150 valence electrons. The quantitative estimate of drug-likeness (QED) is 0.199. The average Bonchev–Trinajstić information content (AvgIpc) is 2.74. The molecule has 0 aliphatic heterocycles.